The first-order chi connectivity index (χ1) is 8.52. The van der Waals surface area contributed by atoms with Gasteiger partial charge >= 0.3 is 5.97 Å². The van der Waals surface area contributed by atoms with E-state index in [0.717, 1.165) is 22.6 Å². The zero-order chi connectivity index (χ0) is 13.3. The lowest BCUT2D eigenvalue weighted by Crippen LogP contribution is -2.16. The van der Waals surface area contributed by atoms with Crippen LogP contribution in [0.2, 0.25) is 0 Å². The summed E-state index contributed by atoms with van der Waals surface area (Å²) in [5, 5.41) is 4.25. The van der Waals surface area contributed by atoms with E-state index < -0.39 is 0 Å². The van der Waals surface area contributed by atoms with Crippen molar-refractivity contribution in [1.29, 1.82) is 0 Å². The van der Waals surface area contributed by atoms with Gasteiger partial charge in [0.25, 0.3) is 0 Å². The number of hydrogen-bond acceptors (Lipinski definition) is 4. The molecule has 0 fully saturated rings. The number of carbonyl (C=O) groups excluding carboxylic acids is 1. The van der Waals surface area contributed by atoms with E-state index in [4.69, 9.17) is 4.74 Å². The zero-order valence-electron chi connectivity index (χ0n) is 11.1. The van der Waals surface area contributed by atoms with Crippen LogP contribution in [0.5, 0.6) is 0 Å². The molecule has 0 unspecified atom stereocenters. The molecule has 2 rings (SSSR count). The lowest BCUT2D eigenvalue weighted by atomic mass is 10.1. The first-order valence-electron chi connectivity index (χ1n) is 5.91. The predicted octanol–water partition coefficient (Wildman–Crippen LogP) is 1.70. The summed E-state index contributed by atoms with van der Waals surface area (Å²) in [4.78, 5) is 16.0. The molecule has 0 amide bonds. The van der Waals surface area contributed by atoms with Gasteiger partial charge < -0.3 is 4.74 Å². The van der Waals surface area contributed by atoms with E-state index in [1.54, 1.807) is 6.20 Å². The van der Waals surface area contributed by atoms with E-state index in [1.807, 2.05) is 31.4 Å². The molecule has 2 aromatic rings. The number of rotatable bonds is 3. The van der Waals surface area contributed by atoms with Crippen LogP contribution in [0, 0.1) is 19.8 Å². The maximum absolute atomic E-state index is 11.4. The van der Waals surface area contributed by atoms with Gasteiger partial charge in [0.2, 0.25) is 0 Å². The Labute approximate surface area is 106 Å². The normalized spacial score (nSPS) is 12.7. The SMILES string of the molecule is COC(=O)[C@H](C)Cc1cc(C)n2ncc(C)c2n1. The Morgan fingerprint density at radius 3 is 2.89 bits per heavy atom. The molecular formula is C13H17N3O2. The number of hydrogen-bond donors (Lipinski definition) is 0. The molecule has 5 heteroatoms. The van der Waals surface area contributed by atoms with Gasteiger partial charge in [0.15, 0.2) is 5.65 Å². The smallest absolute Gasteiger partial charge is 0.308 e. The summed E-state index contributed by atoms with van der Waals surface area (Å²) in [5.74, 6) is -0.396. The number of esters is 1. The fourth-order valence-corrected chi connectivity index (χ4v) is 1.99. The number of methoxy groups -OCH3 is 1. The maximum Gasteiger partial charge on any atom is 0.308 e. The quantitative estimate of drug-likeness (QED) is 0.775. The van der Waals surface area contributed by atoms with E-state index in [-0.39, 0.29) is 11.9 Å². The summed E-state index contributed by atoms with van der Waals surface area (Å²) in [6.07, 6.45) is 2.37. The van der Waals surface area contributed by atoms with Crippen molar-refractivity contribution < 1.29 is 9.53 Å². The van der Waals surface area contributed by atoms with Crippen LogP contribution in [-0.2, 0) is 16.0 Å². The van der Waals surface area contributed by atoms with Crippen molar-refractivity contribution >= 4 is 11.6 Å². The maximum atomic E-state index is 11.4. The second kappa shape index (κ2) is 4.76. The number of carbonyl (C=O) groups is 1. The van der Waals surface area contributed by atoms with E-state index in [0.29, 0.717) is 6.42 Å². The highest BCUT2D eigenvalue weighted by molar-refractivity contribution is 5.72. The molecule has 18 heavy (non-hydrogen) atoms. The Kier molecular flexibility index (Phi) is 3.32. The van der Waals surface area contributed by atoms with Crippen molar-refractivity contribution in [2.45, 2.75) is 27.2 Å². The minimum atomic E-state index is -0.209. The topological polar surface area (TPSA) is 56.5 Å². The van der Waals surface area contributed by atoms with Crippen molar-refractivity contribution in [2.75, 3.05) is 7.11 Å². The number of nitrogens with zero attached hydrogens (tertiary/aromatic N) is 3. The first-order valence-corrected chi connectivity index (χ1v) is 5.91. The van der Waals surface area contributed by atoms with Crippen molar-refractivity contribution in [3.63, 3.8) is 0 Å². The molecule has 5 nitrogen and oxygen atoms in total. The van der Waals surface area contributed by atoms with Crippen LogP contribution < -0.4 is 0 Å². The molecule has 0 spiro atoms. The summed E-state index contributed by atoms with van der Waals surface area (Å²) in [5.41, 5.74) is 3.79. The second-order valence-corrected chi connectivity index (χ2v) is 4.58. The van der Waals surface area contributed by atoms with Crippen molar-refractivity contribution in [1.82, 2.24) is 14.6 Å². The fraction of sp³-hybridized carbons (Fsp3) is 0.462. The summed E-state index contributed by atoms with van der Waals surface area (Å²) >= 11 is 0. The lowest BCUT2D eigenvalue weighted by molar-refractivity contribution is -0.144. The minimum absolute atomic E-state index is 0.187. The van der Waals surface area contributed by atoms with Crippen molar-refractivity contribution in [2.24, 2.45) is 5.92 Å². The van der Waals surface area contributed by atoms with Crippen LogP contribution in [-0.4, -0.2) is 27.7 Å². The number of ether oxygens (including phenoxy) is 1. The van der Waals surface area contributed by atoms with Gasteiger partial charge in [0, 0.05) is 23.4 Å². The van der Waals surface area contributed by atoms with Gasteiger partial charge in [0.05, 0.1) is 19.2 Å². The molecule has 96 valence electrons. The van der Waals surface area contributed by atoms with Crippen LogP contribution in [0.4, 0.5) is 0 Å². The zero-order valence-corrected chi connectivity index (χ0v) is 11.1. The van der Waals surface area contributed by atoms with Crippen LogP contribution in [0.1, 0.15) is 23.9 Å². The summed E-state index contributed by atoms with van der Waals surface area (Å²) in [6.45, 7) is 5.80. The molecule has 0 bridgehead atoms. The third kappa shape index (κ3) is 2.20. The van der Waals surface area contributed by atoms with E-state index in [1.165, 1.54) is 7.11 Å². The van der Waals surface area contributed by atoms with E-state index in [2.05, 4.69) is 10.1 Å². The summed E-state index contributed by atoms with van der Waals surface area (Å²) in [7, 11) is 1.40. The molecule has 0 radical (unpaired) electrons. The molecule has 0 aliphatic rings. The average Bonchev–Trinajstić information content (AvgIpc) is 2.71. The average molecular weight is 247 g/mol. The van der Waals surface area contributed by atoms with Gasteiger partial charge in [-0.1, -0.05) is 6.92 Å². The van der Waals surface area contributed by atoms with Crippen molar-refractivity contribution in [3.05, 3.63) is 29.2 Å². The van der Waals surface area contributed by atoms with E-state index in [9.17, 15) is 4.79 Å². The lowest BCUT2D eigenvalue weighted by Gasteiger charge is -2.09. The van der Waals surface area contributed by atoms with Gasteiger partial charge in [-0.05, 0) is 19.9 Å². The molecular weight excluding hydrogens is 230 g/mol. The molecule has 0 saturated heterocycles. The van der Waals surface area contributed by atoms with Crippen LogP contribution in [0.3, 0.4) is 0 Å². The largest absolute Gasteiger partial charge is 0.469 e. The highest BCUT2D eigenvalue weighted by atomic mass is 16.5. The number of aryl methyl sites for hydroxylation is 2. The highest BCUT2D eigenvalue weighted by Gasteiger charge is 2.16. The van der Waals surface area contributed by atoms with Gasteiger partial charge in [0.1, 0.15) is 0 Å². The fourth-order valence-electron chi connectivity index (χ4n) is 1.99. The Bertz CT molecular complexity index is 589. The second-order valence-electron chi connectivity index (χ2n) is 4.58. The molecule has 2 aromatic heterocycles. The number of fused-ring (bicyclic) bond motifs is 1. The Morgan fingerprint density at radius 2 is 2.22 bits per heavy atom. The van der Waals surface area contributed by atoms with Crippen molar-refractivity contribution in [3.8, 4) is 0 Å². The third-order valence-electron chi connectivity index (χ3n) is 3.00. The number of aromatic nitrogens is 3. The highest BCUT2D eigenvalue weighted by Crippen LogP contribution is 2.14. The monoisotopic (exact) mass is 247 g/mol. The molecule has 1 atom stereocenters. The standard InChI is InChI=1S/C13H17N3O2/c1-8(13(17)18-4)5-11-6-10(3)16-12(15-11)9(2)7-14-16/h6-8H,5H2,1-4H3/t8-/m1/s1. The molecule has 2 heterocycles. The molecule has 0 aliphatic carbocycles. The predicted molar refractivity (Wildman–Crippen MR) is 67.3 cm³/mol. The van der Waals surface area contributed by atoms with Gasteiger partial charge in [-0.2, -0.15) is 5.10 Å². The Morgan fingerprint density at radius 1 is 1.50 bits per heavy atom. The summed E-state index contributed by atoms with van der Waals surface area (Å²) < 4.78 is 6.53. The van der Waals surface area contributed by atoms with Gasteiger partial charge in [-0.15, -0.1) is 0 Å². The van der Waals surface area contributed by atoms with E-state index >= 15 is 0 Å². The summed E-state index contributed by atoms with van der Waals surface area (Å²) in [6, 6.07) is 1.96. The van der Waals surface area contributed by atoms with Gasteiger partial charge in [-0.3, -0.25) is 4.79 Å². The van der Waals surface area contributed by atoms with Crippen LogP contribution >= 0.6 is 0 Å². The van der Waals surface area contributed by atoms with Gasteiger partial charge in [-0.25, -0.2) is 9.50 Å². The molecule has 0 aliphatic heterocycles. The third-order valence-corrected chi connectivity index (χ3v) is 3.00. The first kappa shape index (κ1) is 12.5. The Balaban J connectivity index is 2.34. The molecule has 0 saturated carbocycles. The molecule has 0 N–H and O–H groups in total. The Hall–Kier alpha value is -1.91. The van der Waals surface area contributed by atoms with Crippen LogP contribution in [0.25, 0.3) is 5.65 Å². The molecule has 0 aromatic carbocycles. The van der Waals surface area contributed by atoms with Crippen LogP contribution in [0.15, 0.2) is 12.3 Å². The minimum Gasteiger partial charge on any atom is -0.469 e.